The van der Waals surface area contributed by atoms with E-state index in [2.05, 4.69) is 13.8 Å². The second-order valence-electron chi connectivity index (χ2n) is 6.55. The third kappa shape index (κ3) is 2.83. The predicted octanol–water partition coefficient (Wildman–Crippen LogP) is 3.82. The van der Waals surface area contributed by atoms with E-state index in [4.69, 9.17) is 0 Å². The van der Waals surface area contributed by atoms with Gasteiger partial charge in [-0.25, -0.2) is 0 Å². The molecule has 0 atom stereocenters. The first-order valence-electron chi connectivity index (χ1n) is 5.77. The molecule has 0 unspecified atom stereocenters. The van der Waals surface area contributed by atoms with Crippen LogP contribution in [0.3, 0.4) is 0 Å². The topological polar surface area (TPSA) is 17.1 Å². The molecule has 14 heavy (non-hydrogen) atoms. The van der Waals surface area contributed by atoms with Crippen LogP contribution in [0.15, 0.2) is 0 Å². The lowest BCUT2D eigenvalue weighted by Crippen LogP contribution is -2.33. The molecule has 82 valence electrons. The van der Waals surface area contributed by atoms with Crippen molar-refractivity contribution in [3.8, 4) is 0 Å². The molecule has 0 aliphatic heterocycles. The molecule has 1 saturated carbocycles. The van der Waals surface area contributed by atoms with Crippen LogP contribution in [0, 0.1) is 16.7 Å². The van der Waals surface area contributed by atoms with E-state index in [9.17, 15) is 4.79 Å². The Bertz CT molecular complexity index is 210. The van der Waals surface area contributed by atoms with Crippen LogP contribution in [0.5, 0.6) is 0 Å². The average Bonchev–Trinajstić information content (AvgIpc) is 2.01. The Hall–Kier alpha value is -0.330. The summed E-state index contributed by atoms with van der Waals surface area (Å²) in [6.07, 6.45) is 4.62. The highest BCUT2D eigenvalue weighted by Gasteiger charge is 2.34. The Morgan fingerprint density at radius 3 is 1.93 bits per heavy atom. The Morgan fingerprint density at radius 2 is 1.57 bits per heavy atom. The second-order valence-corrected chi connectivity index (χ2v) is 6.55. The number of hydrogen-bond donors (Lipinski definition) is 0. The van der Waals surface area contributed by atoms with E-state index in [1.54, 1.807) is 0 Å². The monoisotopic (exact) mass is 196 g/mol. The maximum absolute atomic E-state index is 12.0. The summed E-state index contributed by atoms with van der Waals surface area (Å²) in [6, 6.07) is 0. The highest BCUT2D eigenvalue weighted by atomic mass is 16.1. The summed E-state index contributed by atoms with van der Waals surface area (Å²) in [5, 5.41) is 0. The minimum atomic E-state index is -0.147. The lowest BCUT2D eigenvalue weighted by Gasteiger charge is -2.35. The van der Waals surface area contributed by atoms with Crippen molar-refractivity contribution in [1.82, 2.24) is 0 Å². The van der Waals surface area contributed by atoms with E-state index in [0.717, 1.165) is 12.8 Å². The second kappa shape index (κ2) is 3.67. The lowest BCUT2D eigenvalue weighted by molar-refractivity contribution is -0.132. The van der Waals surface area contributed by atoms with Crippen molar-refractivity contribution in [1.29, 1.82) is 0 Å². The Kier molecular flexibility index (Phi) is 3.08. The molecule has 0 heterocycles. The Balaban J connectivity index is 2.55. The number of carbonyl (C=O) groups is 1. The van der Waals surface area contributed by atoms with Crippen molar-refractivity contribution in [3.05, 3.63) is 0 Å². The molecule has 1 aliphatic rings. The number of rotatable bonds is 1. The van der Waals surface area contributed by atoms with Crippen molar-refractivity contribution in [2.45, 2.75) is 60.3 Å². The fourth-order valence-electron chi connectivity index (χ4n) is 2.27. The van der Waals surface area contributed by atoms with Crippen LogP contribution in [0.25, 0.3) is 0 Å². The zero-order valence-electron chi connectivity index (χ0n) is 10.3. The summed E-state index contributed by atoms with van der Waals surface area (Å²) in [4.78, 5) is 12.0. The van der Waals surface area contributed by atoms with E-state index in [-0.39, 0.29) is 5.41 Å². The summed E-state index contributed by atoms with van der Waals surface area (Å²) in [5.74, 6) is 0.802. The van der Waals surface area contributed by atoms with Crippen LogP contribution < -0.4 is 0 Å². The molecule has 0 aromatic heterocycles. The van der Waals surface area contributed by atoms with Gasteiger partial charge in [0, 0.05) is 11.3 Å². The highest BCUT2D eigenvalue weighted by molar-refractivity contribution is 5.86. The van der Waals surface area contributed by atoms with Crippen LogP contribution in [0.2, 0.25) is 0 Å². The highest BCUT2D eigenvalue weighted by Crippen LogP contribution is 2.40. The van der Waals surface area contributed by atoms with Gasteiger partial charge in [0.25, 0.3) is 0 Å². The molecule has 0 radical (unpaired) electrons. The van der Waals surface area contributed by atoms with Gasteiger partial charge in [0.15, 0.2) is 0 Å². The molecule has 0 spiro atoms. The first-order valence-corrected chi connectivity index (χ1v) is 5.77. The Morgan fingerprint density at radius 1 is 1.14 bits per heavy atom. The van der Waals surface area contributed by atoms with Crippen molar-refractivity contribution in [2.75, 3.05) is 0 Å². The molecule has 0 aromatic rings. The molecule has 0 aromatic carbocycles. The summed E-state index contributed by atoms with van der Waals surface area (Å²) >= 11 is 0. The summed E-state index contributed by atoms with van der Waals surface area (Å²) in [7, 11) is 0. The van der Waals surface area contributed by atoms with Gasteiger partial charge in [-0.2, -0.15) is 0 Å². The number of Topliss-reactive ketones (excluding diaryl/α,β-unsaturated/α-hetero) is 1. The van der Waals surface area contributed by atoms with Gasteiger partial charge in [-0.1, -0.05) is 34.6 Å². The van der Waals surface area contributed by atoms with Gasteiger partial charge in [0.05, 0.1) is 0 Å². The van der Waals surface area contributed by atoms with Gasteiger partial charge >= 0.3 is 0 Å². The van der Waals surface area contributed by atoms with E-state index < -0.39 is 0 Å². The summed E-state index contributed by atoms with van der Waals surface area (Å²) < 4.78 is 0. The smallest absolute Gasteiger partial charge is 0.141 e. The minimum absolute atomic E-state index is 0.147. The van der Waals surface area contributed by atoms with Crippen LogP contribution in [-0.4, -0.2) is 5.78 Å². The molecular formula is C13H24O. The van der Waals surface area contributed by atoms with Crippen LogP contribution >= 0.6 is 0 Å². The fourth-order valence-corrected chi connectivity index (χ4v) is 2.27. The summed E-state index contributed by atoms with van der Waals surface area (Å²) in [6.45, 7) is 10.7. The Labute approximate surface area is 88.3 Å². The van der Waals surface area contributed by atoms with Crippen LogP contribution in [0.1, 0.15) is 60.3 Å². The van der Waals surface area contributed by atoms with Gasteiger partial charge in [-0.05, 0) is 31.1 Å². The minimum Gasteiger partial charge on any atom is -0.299 e. The number of carbonyl (C=O) groups excluding carboxylic acids is 1. The first-order chi connectivity index (χ1) is 6.22. The predicted molar refractivity (Wildman–Crippen MR) is 60.2 cm³/mol. The SMILES string of the molecule is CC1(C)CCC(C(=O)C(C)(C)C)CC1. The maximum atomic E-state index is 12.0. The number of hydrogen-bond acceptors (Lipinski definition) is 1. The first kappa shape index (κ1) is 11.7. The quantitative estimate of drug-likeness (QED) is 0.623. The van der Waals surface area contributed by atoms with E-state index in [1.807, 2.05) is 20.8 Å². The van der Waals surface area contributed by atoms with Crippen molar-refractivity contribution in [3.63, 3.8) is 0 Å². The average molecular weight is 196 g/mol. The fraction of sp³-hybridized carbons (Fsp3) is 0.923. The molecule has 0 amide bonds. The maximum Gasteiger partial charge on any atom is 0.141 e. The van der Waals surface area contributed by atoms with Gasteiger partial charge in [0.1, 0.15) is 5.78 Å². The molecule has 0 bridgehead atoms. The summed E-state index contributed by atoms with van der Waals surface area (Å²) in [5.41, 5.74) is 0.320. The normalized spacial score (nSPS) is 23.5. The zero-order chi connectivity index (χ0) is 11.0. The van der Waals surface area contributed by atoms with Gasteiger partial charge in [-0.3, -0.25) is 4.79 Å². The van der Waals surface area contributed by atoms with Gasteiger partial charge in [-0.15, -0.1) is 0 Å². The number of ketones is 1. The van der Waals surface area contributed by atoms with Crippen molar-refractivity contribution >= 4 is 5.78 Å². The third-order valence-electron chi connectivity index (χ3n) is 3.45. The van der Waals surface area contributed by atoms with Gasteiger partial charge in [0.2, 0.25) is 0 Å². The third-order valence-corrected chi connectivity index (χ3v) is 3.45. The molecule has 1 heteroatoms. The molecule has 1 rings (SSSR count). The zero-order valence-corrected chi connectivity index (χ0v) is 10.3. The molecule has 1 nitrogen and oxygen atoms in total. The van der Waals surface area contributed by atoms with Crippen molar-refractivity contribution in [2.24, 2.45) is 16.7 Å². The molecule has 0 N–H and O–H groups in total. The van der Waals surface area contributed by atoms with E-state index >= 15 is 0 Å². The molecule has 1 aliphatic carbocycles. The molecule has 0 saturated heterocycles. The van der Waals surface area contributed by atoms with Crippen LogP contribution in [0.4, 0.5) is 0 Å². The standard InChI is InChI=1S/C13H24O/c1-12(2,3)11(14)10-6-8-13(4,5)9-7-10/h10H,6-9H2,1-5H3. The largest absolute Gasteiger partial charge is 0.299 e. The lowest BCUT2D eigenvalue weighted by atomic mass is 9.68. The van der Waals surface area contributed by atoms with Gasteiger partial charge < -0.3 is 0 Å². The van der Waals surface area contributed by atoms with Crippen molar-refractivity contribution < 1.29 is 4.79 Å². The molecular weight excluding hydrogens is 172 g/mol. The molecule has 1 fully saturated rings. The van der Waals surface area contributed by atoms with E-state index in [1.165, 1.54) is 12.8 Å². The van der Waals surface area contributed by atoms with Crippen LogP contribution in [-0.2, 0) is 4.79 Å². The van der Waals surface area contributed by atoms with E-state index in [0.29, 0.717) is 17.1 Å².